The molecule has 18 heavy (non-hydrogen) atoms. The molecule has 0 radical (unpaired) electrons. The van der Waals surface area contributed by atoms with Crippen molar-refractivity contribution < 1.29 is 8.42 Å². The third kappa shape index (κ3) is 3.02. The van der Waals surface area contributed by atoms with Gasteiger partial charge in [0.15, 0.2) is 15.0 Å². The molecule has 1 saturated heterocycles. The molecule has 1 aromatic heterocycles. The maximum Gasteiger partial charge on any atom is 0.185 e. The van der Waals surface area contributed by atoms with Crippen molar-refractivity contribution in [3.8, 4) is 0 Å². The quantitative estimate of drug-likeness (QED) is 0.882. The molecule has 0 amide bonds. The summed E-state index contributed by atoms with van der Waals surface area (Å²) in [5.74, 6) is 0.491. The molecule has 0 saturated carbocycles. The number of anilines is 1. The highest BCUT2D eigenvalue weighted by atomic mass is 32.2. The van der Waals surface area contributed by atoms with E-state index in [1.807, 2.05) is 7.05 Å². The third-order valence-electron chi connectivity index (χ3n) is 3.05. The van der Waals surface area contributed by atoms with Crippen LogP contribution in [0.2, 0.25) is 0 Å². The number of rotatable bonds is 4. The number of sulfone groups is 1. The van der Waals surface area contributed by atoms with E-state index in [9.17, 15) is 8.42 Å². The lowest BCUT2D eigenvalue weighted by molar-refractivity contribution is 0.586. The zero-order valence-electron chi connectivity index (χ0n) is 10.8. The van der Waals surface area contributed by atoms with E-state index in [0.717, 1.165) is 23.8 Å². The summed E-state index contributed by atoms with van der Waals surface area (Å²) in [6.07, 6.45) is 0.916. The molecule has 7 heteroatoms. The van der Waals surface area contributed by atoms with Gasteiger partial charge >= 0.3 is 0 Å². The maximum atomic E-state index is 11.4. The topological polar surface area (TPSA) is 62.3 Å². The second kappa shape index (κ2) is 5.54. The number of aromatic nitrogens is 1. The molecule has 2 rings (SSSR count). The Morgan fingerprint density at radius 2 is 2.06 bits per heavy atom. The molecule has 1 aliphatic rings. The molecule has 0 bridgehead atoms. The van der Waals surface area contributed by atoms with Gasteiger partial charge in [0.05, 0.1) is 17.2 Å². The summed E-state index contributed by atoms with van der Waals surface area (Å²) in [7, 11) is -0.897. The lowest BCUT2D eigenvalue weighted by atomic mass is 10.3. The third-order valence-corrected chi connectivity index (χ3v) is 5.82. The first-order valence-electron chi connectivity index (χ1n) is 6.14. The van der Waals surface area contributed by atoms with Crippen LogP contribution in [0.4, 0.5) is 5.13 Å². The van der Waals surface area contributed by atoms with Gasteiger partial charge < -0.3 is 10.2 Å². The highest BCUT2D eigenvalue weighted by molar-refractivity contribution is 7.91. The van der Waals surface area contributed by atoms with Gasteiger partial charge in [0.2, 0.25) is 0 Å². The average molecular weight is 289 g/mol. The molecule has 0 aliphatic carbocycles. The van der Waals surface area contributed by atoms with Gasteiger partial charge in [0.1, 0.15) is 0 Å². The van der Waals surface area contributed by atoms with Gasteiger partial charge in [-0.25, -0.2) is 13.4 Å². The van der Waals surface area contributed by atoms with Crippen molar-refractivity contribution in [2.24, 2.45) is 0 Å². The largest absolute Gasteiger partial charge is 0.346 e. The van der Waals surface area contributed by atoms with E-state index in [2.05, 4.69) is 22.1 Å². The minimum Gasteiger partial charge on any atom is -0.346 e. The second-order valence-electron chi connectivity index (χ2n) is 4.39. The van der Waals surface area contributed by atoms with Crippen LogP contribution in [-0.2, 0) is 22.8 Å². The number of hydrogen-bond acceptors (Lipinski definition) is 6. The fourth-order valence-corrected chi connectivity index (χ4v) is 4.40. The van der Waals surface area contributed by atoms with Crippen molar-refractivity contribution in [2.75, 3.05) is 36.5 Å². The minimum absolute atomic E-state index is 0.245. The Morgan fingerprint density at radius 3 is 2.61 bits per heavy atom. The predicted octanol–water partition coefficient (Wildman–Crippen LogP) is 0.660. The summed E-state index contributed by atoms with van der Waals surface area (Å²) in [6, 6.07) is 0. The number of thiazole rings is 1. The number of hydrogen-bond donors (Lipinski definition) is 1. The summed E-state index contributed by atoms with van der Waals surface area (Å²) in [6.45, 7) is 4.06. The standard InChI is InChI=1S/C11H19N3O2S2/c1-3-9-10(8-12-2)17-11(13-9)14-4-6-18(15,16)7-5-14/h12H,3-8H2,1-2H3. The summed E-state index contributed by atoms with van der Waals surface area (Å²) < 4.78 is 22.8. The lowest BCUT2D eigenvalue weighted by Gasteiger charge is -2.25. The van der Waals surface area contributed by atoms with Crippen LogP contribution >= 0.6 is 11.3 Å². The molecular weight excluding hydrogens is 270 g/mol. The molecule has 0 spiro atoms. The Kier molecular flexibility index (Phi) is 4.24. The Balaban J connectivity index is 2.14. The van der Waals surface area contributed by atoms with Crippen molar-refractivity contribution in [1.29, 1.82) is 0 Å². The fourth-order valence-electron chi connectivity index (χ4n) is 1.98. The van der Waals surface area contributed by atoms with Crippen molar-refractivity contribution in [1.82, 2.24) is 10.3 Å². The van der Waals surface area contributed by atoms with E-state index in [0.29, 0.717) is 13.1 Å². The van der Waals surface area contributed by atoms with E-state index in [4.69, 9.17) is 0 Å². The molecule has 102 valence electrons. The Labute approximate surface area is 112 Å². The molecule has 1 fully saturated rings. The van der Waals surface area contributed by atoms with Gasteiger partial charge in [-0.15, -0.1) is 11.3 Å². The number of aryl methyl sites for hydroxylation is 1. The van der Waals surface area contributed by atoms with Crippen LogP contribution < -0.4 is 10.2 Å². The normalized spacial score (nSPS) is 19.1. The highest BCUT2D eigenvalue weighted by Gasteiger charge is 2.24. The zero-order chi connectivity index (χ0) is 13.2. The molecular formula is C11H19N3O2S2. The highest BCUT2D eigenvalue weighted by Crippen LogP contribution is 2.27. The van der Waals surface area contributed by atoms with Crippen LogP contribution in [0, 0.1) is 0 Å². The molecule has 0 unspecified atom stereocenters. The first kappa shape index (κ1) is 13.8. The van der Waals surface area contributed by atoms with E-state index >= 15 is 0 Å². The first-order chi connectivity index (χ1) is 8.55. The van der Waals surface area contributed by atoms with Crippen LogP contribution in [0.15, 0.2) is 0 Å². The molecule has 1 aromatic rings. The predicted molar refractivity (Wildman–Crippen MR) is 75.1 cm³/mol. The smallest absolute Gasteiger partial charge is 0.185 e. The number of nitrogens with zero attached hydrogens (tertiary/aromatic N) is 2. The van der Waals surface area contributed by atoms with Crippen molar-refractivity contribution in [3.05, 3.63) is 10.6 Å². The van der Waals surface area contributed by atoms with Gasteiger partial charge in [0.25, 0.3) is 0 Å². The van der Waals surface area contributed by atoms with Crippen LogP contribution in [0.5, 0.6) is 0 Å². The van der Waals surface area contributed by atoms with Crippen molar-refractivity contribution in [2.45, 2.75) is 19.9 Å². The average Bonchev–Trinajstić information content (AvgIpc) is 2.73. The molecule has 2 heterocycles. The van der Waals surface area contributed by atoms with Crippen molar-refractivity contribution in [3.63, 3.8) is 0 Å². The summed E-state index contributed by atoms with van der Waals surface area (Å²) in [4.78, 5) is 7.97. The van der Waals surface area contributed by atoms with Crippen LogP contribution in [0.3, 0.4) is 0 Å². The monoisotopic (exact) mass is 289 g/mol. The SMILES string of the molecule is CCc1nc(N2CCS(=O)(=O)CC2)sc1CNC. The Morgan fingerprint density at radius 1 is 1.39 bits per heavy atom. The van der Waals surface area contributed by atoms with Gasteiger partial charge in [-0.05, 0) is 13.5 Å². The van der Waals surface area contributed by atoms with E-state index in [1.54, 1.807) is 11.3 Å². The summed E-state index contributed by atoms with van der Waals surface area (Å²) in [5.41, 5.74) is 1.12. The zero-order valence-corrected chi connectivity index (χ0v) is 12.4. The second-order valence-corrected chi connectivity index (χ2v) is 7.75. The minimum atomic E-state index is -2.82. The van der Waals surface area contributed by atoms with Crippen LogP contribution in [0.1, 0.15) is 17.5 Å². The van der Waals surface area contributed by atoms with Gasteiger partial charge in [-0.2, -0.15) is 0 Å². The van der Waals surface area contributed by atoms with Crippen LogP contribution in [0.25, 0.3) is 0 Å². The molecule has 5 nitrogen and oxygen atoms in total. The lowest BCUT2D eigenvalue weighted by Crippen LogP contribution is -2.40. The van der Waals surface area contributed by atoms with Crippen molar-refractivity contribution >= 4 is 26.3 Å². The summed E-state index contributed by atoms with van der Waals surface area (Å²) >= 11 is 1.67. The molecule has 0 atom stereocenters. The van der Waals surface area contributed by atoms with Gasteiger partial charge in [-0.1, -0.05) is 6.92 Å². The first-order valence-corrected chi connectivity index (χ1v) is 8.78. The van der Waals surface area contributed by atoms with Gasteiger partial charge in [0, 0.05) is 24.5 Å². The maximum absolute atomic E-state index is 11.4. The Bertz CT molecular complexity index is 496. The van der Waals surface area contributed by atoms with Crippen LogP contribution in [-0.4, -0.2) is 45.0 Å². The van der Waals surface area contributed by atoms with E-state index < -0.39 is 9.84 Å². The number of nitrogens with one attached hydrogen (secondary N) is 1. The fraction of sp³-hybridized carbons (Fsp3) is 0.727. The van der Waals surface area contributed by atoms with E-state index in [-0.39, 0.29) is 11.5 Å². The summed E-state index contributed by atoms with van der Waals surface area (Å²) in [5, 5.41) is 4.11. The van der Waals surface area contributed by atoms with E-state index in [1.165, 1.54) is 4.88 Å². The molecule has 1 aliphatic heterocycles. The Hall–Kier alpha value is -0.660. The molecule has 0 aromatic carbocycles. The molecule has 1 N–H and O–H groups in total. The van der Waals surface area contributed by atoms with Gasteiger partial charge in [-0.3, -0.25) is 0 Å².